The highest BCUT2D eigenvalue weighted by Crippen LogP contribution is 2.41. The third-order valence-corrected chi connectivity index (χ3v) is 6.15. The molecule has 0 radical (unpaired) electrons. The largest absolute Gasteiger partial charge is 0.369 e. The Morgan fingerprint density at radius 2 is 2.05 bits per heavy atom. The summed E-state index contributed by atoms with van der Waals surface area (Å²) in [5, 5.41) is 5.03. The summed E-state index contributed by atoms with van der Waals surface area (Å²) in [5.41, 5.74) is 0.438. The molecule has 0 spiro atoms. The molecule has 5 heteroatoms. The fourth-order valence-corrected chi connectivity index (χ4v) is 4.49. The van der Waals surface area contributed by atoms with Crippen molar-refractivity contribution in [2.45, 2.75) is 52.4 Å². The monoisotopic (exact) mass is 323 g/mol. The van der Waals surface area contributed by atoms with Crippen molar-refractivity contribution in [2.75, 3.05) is 11.9 Å². The predicted molar refractivity (Wildman–Crippen MR) is 91.5 cm³/mol. The van der Waals surface area contributed by atoms with Crippen LogP contribution < -0.4 is 5.32 Å². The van der Waals surface area contributed by atoms with Crippen molar-refractivity contribution in [3.8, 4) is 0 Å². The van der Waals surface area contributed by atoms with E-state index in [-0.39, 0.29) is 0 Å². The molecule has 1 saturated carbocycles. The van der Waals surface area contributed by atoms with Crippen LogP contribution in [0.25, 0.3) is 10.2 Å². The Balaban J connectivity index is 1.87. The van der Waals surface area contributed by atoms with Crippen molar-refractivity contribution in [2.24, 2.45) is 5.41 Å². The third kappa shape index (κ3) is 3.02. The lowest BCUT2D eigenvalue weighted by Crippen LogP contribution is -2.26. The van der Waals surface area contributed by atoms with Crippen molar-refractivity contribution in [3.63, 3.8) is 0 Å². The van der Waals surface area contributed by atoms with Gasteiger partial charge in [0.25, 0.3) is 0 Å². The molecule has 21 heavy (non-hydrogen) atoms. The van der Waals surface area contributed by atoms with Gasteiger partial charge in [-0.3, -0.25) is 0 Å². The minimum atomic E-state index is 0.339. The summed E-state index contributed by atoms with van der Waals surface area (Å²) in [6, 6.07) is 2.20. The zero-order chi connectivity index (χ0) is 14.9. The van der Waals surface area contributed by atoms with Crippen molar-refractivity contribution in [1.29, 1.82) is 0 Å². The molecule has 0 amide bonds. The number of hydrogen-bond acceptors (Lipinski definition) is 4. The van der Waals surface area contributed by atoms with E-state index < -0.39 is 0 Å². The summed E-state index contributed by atoms with van der Waals surface area (Å²) in [5.74, 6) is 0.903. The molecule has 2 aromatic rings. The summed E-state index contributed by atoms with van der Waals surface area (Å²) in [4.78, 5) is 11.1. The fourth-order valence-electron chi connectivity index (χ4n) is 3.31. The lowest BCUT2D eigenvalue weighted by atomic mass is 9.83. The van der Waals surface area contributed by atoms with Crippen LogP contribution >= 0.6 is 22.9 Å². The molecule has 2 heterocycles. The first-order valence-corrected chi connectivity index (χ1v) is 9.05. The van der Waals surface area contributed by atoms with Gasteiger partial charge in [-0.15, -0.1) is 11.3 Å². The highest BCUT2D eigenvalue weighted by molar-refractivity contribution is 7.18. The second-order valence-electron chi connectivity index (χ2n) is 6.04. The standard InChI is InChI=1S/C16H22ClN3S/c1-3-11-9-12-13(19-15(17)20-14(12)21-11)18-10-16(4-2)7-5-6-8-16/h9H,3-8,10H2,1-2H3,(H,18,19,20). The molecule has 0 unspecified atom stereocenters. The Labute approximate surface area is 135 Å². The van der Waals surface area contributed by atoms with E-state index in [1.54, 1.807) is 11.3 Å². The molecule has 0 aliphatic heterocycles. The van der Waals surface area contributed by atoms with Gasteiger partial charge in [0.1, 0.15) is 10.6 Å². The van der Waals surface area contributed by atoms with Gasteiger partial charge in [0.05, 0.1) is 5.39 Å². The predicted octanol–water partition coefficient (Wildman–Crippen LogP) is 5.29. The highest BCUT2D eigenvalue weighted by atomic mass is 35.5. The molecule has 0 saturated heterocycles. The van der Waals surface area contributed by atoms with Crippen LogP contribution in [-0.4, -0.2) is 16.5 Å². The first kappa shape index (κ1) is 15.0. The van der Waals surface area contributed by atoms with Crippen LogP contribution in [0.5, 0.6) is 0 Å². The normalized spacial score (nSPS) is 17.5. The van der Waals surface area contributed by atoms with Gasteiger partial charge in [0.2, 0.25) is 5.28 Å². The highest BCUT2D eigenvalue weighted by Gasteiger charge is 2.32. The maximum absolute atomic E-state index is 6.08. The second-order valence-corrected chi connectivity index (χ2v) is 7.49. The van der Waals surface area contributed by atoms with Crippen molar-refractivity contribution < 1.29 is 0 Å². The van der Waals surface area contributed by atoms with Gasteiger partial charge in [0, 0.05) is 11.4 Å². The molecular formula is C16H22ClN3S. The van der Waals surface area contributed by atoms with E-state index in [0.29, 0.717) is 10.7 Å². The molecule has 1 fully saturated rings. The fraction of sp³-hybridized carbons (Fsp3) is 0.625. The molecule has 1 N–H and O–H groups in total. The zero-order valence-corrected chi connectivity index (χ0v) is 14.3. The maximum Gasteiger partial charge on any atom is 0.225 e. The molecular weight excluding hydrogens is 302 g/mol. The van der Waals surface area contributed by atoms with Gasteiger partial charge in [-0.25, -0.2) is 9.97 Å². The minimum absolute atomic E-state index is 0.339. The van der Waals surface area contributed by atoms with Gasteiger partial charge in [-0.05, 0) is 48.8 Å². The molecule has 3 nitrogen and oxygen atoms in total. The molecule has 114 valence electrons. The van der Waals surface area contributed by atoms with Crippen molar-refractivity contribution in [1.82, 2.24) is 9.97 Å². The topological polar surface area (TPSA) is 37.8 Å². The molecule has 0 aromatic carbocycles. The van der Waals surface area contributed by atoms with E-state index in [1.807, 2.05) is 0 Å². The molecule has 2 aromatic heterocycles. The minimum Gasteiger partial charge on any atom is -0.369 e. The lowest BCUT2D eigenvalue weighted by molar-refractivity contribution is 0.306. The Bertz CT molecular complexity index is 632. The van der Waals surface area contributed by atoms with Crippen LogP contribution in [0.2, 0.25) is 5.28 Å². The van der Waals surface area contributed by atoms with Crippen molar-refractivity contribution in [3.05, 3.63) is 16.2 Å². The number of rotatable bonds is 5. The Morgan fingerprint density at radius 3 is 2.71 bits per heavy atom. The molecule has 1 aliphatic carbocycles. The summed E-state index contributed by atoms with van der Waals surface area (Å²) in [6.45, 7) is 5.45. The first-order chi connectivity index (χ1) is 10.2. The third-order valence-electron chi connectivity index (χ3n) is 4.81. The van der Waals surface area contributed by atoms with Crippen molar-refractivity contribution >= 4 is 39.0 Å². The summed E-state index contributed by atoms with van der Waals surface area (Å²) < 4.78 is 0. The SMILES string of the molecule is CCc1cc2c(NCC3(CC)CCCC3)nc(Cl)nc2s1. The number of nitrogens with zero attached hydrogens (tertiary/aromatic N) is 2. The molecule has 1 aliphatic rings. The van der Waals surface area contributed by atoms with E-state index in [2.05, 4.69) is 35.2 Å². The quantitative estimate of drug-likeness (QED) is 0.760. The average molecular weight is 324 g/mol. The van der Waals surface area contributed by atoms with Gasteiger partial charge >= 0.3 is 0 Å². The van der Waals surface area contributed by atoms with E-state index in [9.17, 15) is 0 Å². The Kier molecular flexibility index (Phi) is 4.36. The summed E-state index contributed by atoms with van der Waals surface area (Å²) >= 11 is 7.80. The van der Waals surface area contributed by atoms with Crippen LogP contribution in [0, 0.1) is 5.41 Å². The van der Waals surface area contributed by atoms with Crippen LogP contribution in [0.3, 0.4) is 0 Å². The maximum atomic E-state index is 6.08. The van der Waals surface area contributed by atoms with Gasteiger partial charge < -0.3 is 5.32 Å². The number of thiophene rings is 1. The number of aromatic nitrogens is 2. The smallest absolute Gasteiger partial charge is 0.225 e. The number of halogens is 1. The molecule has 0 atom stereocenters. The average Bonchev–Trinajstić information content (AvgIpc) is 3.11. The number of nitrogens with one attached hydrogen (secondary N) is 1. The second kappa shape index (κ2) is 6.09. The van der Waals surface area contributed by atoms with Crippen LogP contribution in [0.15, 0.2) is 6.07 Å². The summed E-state index contributed by atoms with van der Waals surface area (Å²) in [7, 11) is 0. The van der Waals surface area contributed by atoms with Crippen LogP contribution in [-0.2, 0) is 6.42 Å². The van der Waals surface area contributed by atoms with E-state index in [1.165, 1.54) is 37.0 Å². The Morgan fingerprint density at radius 1 is 1.29 bits per heavy atom. The van der Waals surface area contributed by atoms with Crippen LogP contribution in [0.1, 0.15) is 50.8 Å². The van der Waals surface area contributed by atoms with Gasteiger partial charge in [-0.1, -0.05) is 26.7 Å². The first-order valence-electron chi connectivity index (χ1n) is 7.85. The number of hydrogen-bond donors (Lipinski definition) is 1. The number of anilines is 1. The summed E-state index contributed by atoms with van der Waals surface area (Å²) in [6.07, 6.45) is 7.61. The molecule has 0 bridgehead atoms. The van der Waals surface area contributed by atoms with E-state index in [0.717, 1.165) is 29.0 Å². The van der Waals surface area contributed by atoms with E-state index in [4.69, 9.17) is 11.6 Å². The lowest BCUT2D eigenvalue weighted by Gasteiger charge is -2.28. The Hall–Kier alpha value is -0.870. The van der Waals surface area contributed by atoms with Crippen LogP contribution in [0.4, 0.5) is 5.82 Å². The van der Waals surface area contributed by atoms with Gasteiger partial charge in [-0.2, -0.15) is 0 Å². The number of aryl methyl sites for hydroxylation is 1. The van der Waals surface area contributed by atoms with Gasteiger partial charge in [0.15, 0.2) is 0 Å². The van der Waals surface area contributed by atoms with E-state index >= 15 is 0 Å². The molecule has 3 rings (SSSR count). The number of fused-ring (bicyclic) bond motifs is 1. The zero-order valence-electron chi connectivity index (χ0n) is 12.7.